The second kappa shape index (κ2) is 10.8. The van der Waals surface area contributed by atoms with Crippen LogP contribution in [0.3, 0.4) is 0 Å². The highest BCUT2D eigenvalue weighted by atomic mass is 16.5. The third-order valence-electron chi connectivity index (χ3n) is 4.58. The van der Waals surface area contributed by atoms with E-state index in [2.05, 4.69) is 0 Å². The van der Waals surface area contributed by atoms with Crippen LogP contribution >= 0.6 is 0 Å². The van der Waals surface area contributed by atoms with E-state index in [0.717, 1.165) is 16.7 Å². The van der Waals surface area contributed by atoms with Gasteiger partial charge in [-0.3, -0.25) is 9.59 Å². The molecule has 0 aliphatic carbocycles. The van der Waals surface area contributed by atoms with Crippen LogP contribution in [0.2, 0.25) is 0 Å². The summed E-state index contributed by atoms with van der Waals surface area (Å²) < 4.78 is 10.8. The highest BCUT2D eigenvalue weighted by molar-refractivity contribution is 5.74. The Kier molecular flexibility index (Phi) is 7.58. The summed E-state index contributed by atoms with van der Waals surface area (Å²) in [6.07, 6.45) is 0.245. The first kappa shape index (κ1) is 20.3. The summed E-state index contributed by atoms with van der Waals surface area (Å²) in [6.45, 7) is 0.444. The summed E-state index contributed by atoms with van der Waals surface area (Å²) in [6, 6.07) is 28.6. The van der Waals surface area contributed by atoms with Crippen molar-refractivity contribution in [1.82, 2.24) is 0 Å². The fourth-order valence-corrected chi connectivity index (χ4v) is 3.03. The van der Waals surface area contributed by atoms with E-state index in [1.807, 2.05) is 91.0 Å². The molecule has 3 aromatic rings. The topological polar surface area (TPSA) is 52.6 Å². The lowest BCUT2D eigenvalue weighted by Crippen LogP contribution is -2.15. The van der Waals surface area contributed by atoms with Crippen molar-refractivity contribution in [3.8, 4) is 0 Å². The maximum atomic E-state index is 12.4. The molecule has 0 heterocycles. The van der Waals surface area contributed by atoms with Gasteiger partial charge in [-0.25, -0.2) is 0 Å². The Hall–Kier alpha value is -3.40. The molecule has 29 heavy (non-hydrogen) atoms. The van der Waals surface area contributed by atoms with Gasteiger partial charge in [0.05, 0.1) is 12.8 Å². The SMILES string of the molecule is O=C(CC(CC(=O)OCc1ccccc1)c1ccccc1)OCc1ccccc1. The van der Waals surface area contributed by atoms with E-state index in [1.54, 1.807) is 0 Å². The van der Waals surface area contributed by atoms with Crippen molar-refractivity contribution in [2.75, 3.05) is 0 Å². The van der Waals surface area contributed by atoms with Crippen molar-refractivity contribution in [3.63, 3.8) is 0 Å². The third kappa shape index (κ3) is 6.92. The summed E-state index contributed by atoms with van der Waals surface area (Å²) >= 11 is 0. The monoisotopic (exact) mass is 388 g/mol. The molecule has 0 aliphatic rings. The van der Waals surface area contributed by atoms with Gasteiger partial charge in [-0.15, -0.1) is 0 Å². The predicted octanol–water partition coefficient (Wildman–Crippen LogP) is 5.04. The van der Waals surface area contributed by atoms with Crippen LogP contribution < -0.4 is 0 Å². The third-order valence-corrected chi connectivity index (χ3v) is 4.58. The highest BCUT2D eigenvalue weighted by Gasteiger charge is 2.21. The lowest BCUT2D eigenvalue weighted by Gasteiger charge is -2.16. The summed E-state index contributed by atoms with van der Waals surface area (Å²) in [5.41, 5.74) is 2.78. The molecule has 0 saturated carbocycles. The Labute approximate surface area is 171 Å². The van der Waals surface area contributed by atoms with Crippen molar-refractivity contribution in [2.45, 2.75) is 32.0 Å². The number of benzene rings is 3. The average Bonchev–Trinajstić information content (AvgIpc) is 2.78. The van der Waals surface area contributed by atoms with Gasteiger partial charge in [0, 0.05) is 5.92 Å². The molecule has 0 saturated heterocycles. The van der Waals surface area contributed by atoms with Gasteiger partial charge in [-0.1, -0.05) is 91.0 Å². The van der Waals surface area contributed by atoms with Crippen LogP contribution in [0.1, 0.15) is 35.4 Å². The van der Waals surface area contributed by atoms with Crippen LogP contribution in [0.5, 0.6) is 0 Å². The van der Waals surface area contributed by atoms with E-state index < -0.39 is 0 Å². The molecule has 4 heteroatoms. The number of carbonyl (C=O) groups is 2. The first-order valence-electron chi connectivity index (χ1n) is 9.65. The second-order valence-electron chi connectivity index (χ2n) is 6.81. The normalized spacial score (nSPS) is 10.5. The molecular formula is C25H24O4. The summed E-state index contributed by atoms with van der Waals surface area (Å²) in [5, 5.41) is 0. The quantitative estimate of drug-likeness (QED) is 0.482. The van der Waals surface area contributed by atoms with Crippen LogP contribution in [0.4, 0.5) is 0 Å². The van der Waals surface area contributed by atoms with Crippen LogP contribution in [0, 0.1) is 0 Å². The average molecular weight is 388 g/mol. The number of hydrogen-bond donors (Lipinski definition) is 0. The minimum absolute atomic E-state index is 0.122. The molecule has 0 bridgehead atoms. The van der Waals surface area contributed by atoms with Gasteiger partial charge in [0.15, 0.2) is 0 Å². The minimum atomic E-state index is -0.335. The molecule has 0 unspecified atom stereocenters. The first-order valence-corrected chi connectivity index (χ1v) is 9.65. The minimum Gasteiger partial charge on any atom is -0.461 e. The largest absolute Gasteiger partial charge is 0.461 e. The molecule has 0 radical (unpaired) electrons. The molecule has 0 spiro atoms. The van der Waals surface area contributed by atoms with Gasteiger partial charge in [0.25, 0.3) is 0 Å². The van der Waals surface area contributed by atoms with E-state index in [9.17, 15) is 9.59 Å². The van der Waals surface area contributed by atoms with Crippen molar-refractivity contribution in [3.05, 3.63) is 108 Å². The number of rotatable bonds is 9. The number of ether oxygens (including phenoxy) is 2. The van der Waals surface area contributed by atoms with Crippen molar-refractivity contribution >= 4 is 11.9 Å². The fraction of sp³-hybridized carbons (Fsp3) is 0.200. The van der Waals surface area contributed by atoms with Crippen molar-refractivity contribution < 1.29 is 19.1 Å². The number of esters is 2. The molecule has 0 atom stereocenters. The zero-order valence-electron chi connectivity index (χ0n) is 16.2. The van der Waals surface area contributed by atoms with E-state index >= 15 is 0 Å². The van der Waals surface area contributed by atoms with Crippen molar-refractivity contribution in [2.24, 2.45) is 0 Å². The Morgan fingerprint density at radius 2 is 0.966 bits per heavy atom. The van der Waals surface area contributed by atoms with Crippen LogP contribution in [-0.4, -0.2) is 11.9 Å². The van der Waals surface area contributed by atoms with Crippen molar-refractivity contribution in [1.29, 1.82) is 0 Å². The van der Waals surface area contributed by atoms with Gasteiger partial charge in [0.1, 0.15) is 13.2 Å². The molecule has 148 valence electrons. The van der Waals surface area contributed by atoms with Gasteiger partial charge in [-0.2, -0.15) is 0 Å². The molecule has 0 N–H and O–H groups in total. The maximum Gasteiger partial charge on any atom is 0.306 e. The maximum absolute atomic E-state index is 12.4. The molecule has 3 aromatic carbocycles. The predicted molar refractivity (Wildman–Crippen MR) is 111 cm³/mol. The molecule has 0 fully saturated rings. The fourth-order valence-electron chi connectivity index (χ4n) is 3.03. The molecule has 4 nitrogen and oxygen atoms in total. The van der Waals surface area contributed by atoms with Gasteiger partial charge >= 0.3 is 11.9 Å². The zero-order chi connectivity index (χ0) is 20.3. The van der Waals surface area contributed by atoms with Gasteiger partial charge in [-0.05, 0) is 16.7 Å². The Balaban J connectivity index is 1.57. The molecule has 0 amide bonds. The smallest absolute Gasteiger partial charge is 0.306 e. The lowest BCUT2D eigenvalue weighted by atomic mass is 9.92. The number of hydrogen-bond acceptors (Lipinski definition) is 4. The summed E-state index contributed by atoms with van der Waals surface area (Å²) in [7, 11) is 0. The van der Waals surface area contributed by atoms with Gasteiger partial charge in [0.2, 0.25) is 0 Å². The Morgan fingerprint density at radius 1 is 0.586 bits per heavy atom. The highest BCUT2D eigenvalue weighted by Crippen LogP contribution is 2.25. The molecular weight excluding hydrogens is 364 g/mol. The van der Waals surface area contributed by atoms with Gasteiger partial charge < -0.3 is 9.47 Å². The van der Waals surface area contributed by atoms with E-state index in [-0.39, 0.29) is 43.9 Å². The van der Waals surface area contributed by atoms with Crippen LogP contribution in [0.25, 0.3) is 0 Å². The lowest BCUT2D eigenvalue weighted by molar-refractivity contribution is -0.147. The Morgan fingerprint density at radius 3 is 1.38 bits per heavy atom. The molecule has 0 aromatic heterocycles. The molecule has 0 aliphatic heterocycles. The molecule has 3 rings (SSSR count). The van der Waals surface area contributed by atoms with E-state index in [0.29, 0.717) is 0 Å². The van der Waals surface area contributed by atoms with Crippen LogP contribution in [-0.2, 0) is 32.3 Å². The Bertz CT molecular complexity index is 834. The zero-order valence-corrected chi connectivity index (χ0v) is 16.2. The number of carbonyl (C=O) groups excluding carboxylic acids is 2. The van der Waals surface area contributed by atoms with E-state index in [1.165, 1.54) is 0 Å². The summed E-state index contributed by atoms with van der Waals surface area (Å²) in [4.78, 5) is 24.8. The first-order chi connectivity index (χ1) is 14.2. The van der Waals surface area contributed by atoms with E-state index in [4.69, 9.17) is 9.47 Å². The summed E-state index contributed by atoms with van der Waals surface area (Å²) in [5.74, 6) is -0.958. The standard InChI is InChI=1S/C25H24O4/c26-24(28-18-20-10-4-1-5-11-20)16-23(22-14-8-3-9-15-22)17-25(27)29-19-21-12-6-2-7-13-21/h1-15,23H,16-19H2. The van der Waals surface area contributed by atoms with Crippen LogP contribution in [0.15, 0.2) is 91.0 Å². The second-order valence-corrected chi connectivity index (χ2v) is 6.81.